The van der Waals surface area contributed by atoms with Crippen molar-refractivity contribution in [3.63, 3.8) is 0 Å². The lowest BCUT2D eigenvalue weighted by Crippen LogP contribution is -2.28. The molecule has 0 saturated carbocycles. The molecule has 1 aromatic rings. The summed E-state index contributed by atoms with van der Waals surface area (Å²) in [5.41, 5.74) is 1.33. The first kappa shape index (κ1) is 15.9. The van der Waals surface area contributed by atoms with Crippen LogP contribution in [0.5, 0.6) is 0 Å². The van der Waals surface area contributed by atoms with Crippen LogP contribution in [0.3, 0.4) is 0 Å². The van der Waals surface area contributed by atoms with Crippen molar-refractivity contribution in [2.45, 2.75) is 25.7 Å². The van der Waals surface area contributed by atoms with Gasteiger partial charge in [0.15, 0.2) is 0 Å². The van der Waals surface area contributed by atoms with Gasteiger partial charge < -0.3 is 10.4 Å². The maximum absolute atomic E-state index is 11.8. The lowest BCUT2D eigenvalue weighted by molar-refractivity contribution is -0.122. The Hall–Kier alpha value is -1.49. The zero-order valence-electron chi connectivity index (χ0n) is 12.0. The van der Waals surface area contributed by atoms with E-state index < -0.39 is 5.97 Å². The highest BCUT2D eigenvalue weighted by atomic mass is 32.2. The summed E-state index contributed by atoms with van der Waals surface area (Å²) in [5.74, 6) is 2.11. The monoisotopic (exact) mass is 307 g/mol. The van der Waals surface area contributed by atoms with E-state index in [0.717, 1.165) is 24.8 Å². The third-order valence-corrected chi connectivity index (χ3v) is 4.80. The first-order valence-electron chi connectivity index (χ1n) is 7.32. The molecule has 0 radical (unpaired) electrons. The van der Waals surface area contributed by atoms with E-state index in [2.05, 4.69) is 5.32 Å². The van der Waals surface area contributed by atoms with Gasteiger partial charge in [0.2, 0.25) is 5.91 Å². The molecule has 21 heavy (non-hydrogen) atoms. The highest BCUT2D eigenvalue weighted by Gasteiger charge is 2.16. The van der Waals surface area contributed by atoms with Crippen molar-refractivity contribution in [1.82, 2.24) is 5.32 Å². The smallest absolute Gasteiger partial charge is 0.335 e. The van der Waals surface area contributed by atoms with Crippen LogP contribution in [0.4, 0.5) is 0 Å². The normalized spacial score (nSPS) is 15.6. The molecule has 0 bridgehead atoms. The summed E-state index contributed by atoms with van der Waals surface area (Å²) >= 11 is 1.97. The van der Waals surface area contributed by atoms with Crippen molar-refractivity contribution in [1.29, 1.82) is 0 Å². The third kappa shape index (κ3) is 5.42. The summed E-state index contributed by atoms with van der Waals surface area (Å²) in [6.45, 7) is 0.604. The Morgan fingerprint density at radius 1 is 1.19 bits per heavy atom. The van der Waals surface area contributed by atoms with Crippen molar-refractivity contribution in [3.8, 4) is 0 Å². The molecule has 1 aromatic carbocycles. The molecule has 1 aliphatic rings. The van der Waals surface area contributed by atoms with E-state index in [-0.39, 0.29) is 11.5 Å². The standard InChI is InChI=1S/C16H21NO3S/c18-15(11-13-6-9-21-10-7-13)17-8-5-12-1-3-14(4-2-12)16(19)20/h1-4,13H,5-11H2,(H,17,18)(H,19,20). The fourth-order valence-corrected chi connectivity index (χ4v) is 3.65. The van der Waals surface area contributed by atoms with Crippen LogP contribution in [0.25, 0.3) is 0 Å². The predicted molar refractivity (Wildman–Crippen MR) is 84.8 cm³/mol. The van der Waals surface area contributed by atoms with Crippen LogP contribution in [-0.4, -0.2) is 35.0 Å². The minimum atomic E-state index is -0.916. The largest absolute Gasteiger partial charge is 0.478 e. The summed E-state index contributed by atoms with van der Waals surface area (Å²) in [5, 5.41) is 11.8. The van der Waals surface area contributed by atoms with Crippen LogP contribution in [0.15, 0.2) is 24.3 Å². The minimum Gasteiger partial charge on any atom is -0.478 e. The van der Waals surface area contributed by atoms with Crippen LogP contribution in [0, 0.1) is 5.92 Å². The maximum Gasteiger partial charge on any atom is 0.335 e. The van der Waals surface area contributed by atoms with E-state index in [0.29, 0.717) is 18.9 Å². The van der Waals surface area contributed by atoms with Gasteiger partial charge >= 0.3 is 5.97 Å². The molecule has 5 heteroatoms. The second kappa shape index (κ2) is 8.08. The third-order valence-electron chi connectivity index (χ3n) is 3.75. The van der Waals surface area contributed by atoms with Crippen molar-refractivity contribution < 1.29 is 14.7 Å². The van der Waals surface area contributed by atoms with Gasteiger partial charge in [-0.25, -0.2) is 4.79 Å². The minimum absolute atomic E-state index is 0.133. The highest BCUT2D eigenvalue weighted by Crippen LogP contribution is 2.24. The Morgan fingerprint density at radius 3 is 2.48 bits per heavy atom. The molecule has 4 nitrogen and oxygen atoms in total. The van der Waals surface area contributed by atoms with Gasteiger partial charge in [0.25, 0.3) is 0 Å². The number of thioether (sulfide) groups is 1. The van der Waals surface area contributed by atoms with Crippen molar-refractivity contribution >= 4 is 23.6 Å². The molecule has 0 unspecified atom stereocenters. The van der Waals surface area contributed by atoms with Crippen molar-refractivity contribution in [2.75, 3.05) is 18.1 Å². The van der Waals surface area contributed by atoms with E-state index >= 15 is 0 Å². The summed E-state index contributed by atoms with van der Waals surface area (Å²) < 4.78 is 0. The Bertz CT molecular complexity index is 481. The molecule has 2 rings (SSSR count). The Balaban J connectivity index is 1.68. The number of hydrogen-bond acceptors (Lipinski definition) is 3. The Labute approximate surface area is 129 Å². The van der Waals surface area contributed by atoms with Crippen LogP contribution < -0.4 is 5.32 Å². The molecule has 1 saturated heterocycles. The second-order valence-corrected chi connectivity index (χ2v) is 6.59. The van der Waals surface area contributed by atoms with Gasteiger partial charge in [0.05, 0.1) is 5.56 Å². The van der Waals surface area contributed by atoms with E-state index in [1.165, 1.54) is 11.5 Å². The van der Waals surface area contributed by atoms with Gasteiger partial charge in [-0.1, -0.05) is 12.1 Å². The number of rotatable bonds is 6. The summed E-state index contributed by atoms with van der Waals surface area (Å²) in [7, 11) is 0. The van der Waals surface area contributed by atoms with Gasteiger partial charge in [0.1, 0.15) is 0 Å². The average Bonchev–Trinajstić information content (AvgIpc) is 2.49. The number of carboxylic acid groups (broad SMARTS) is 1. The molecule has 0 aliphatic carbocycles. The zero-order valence-corrected chi connectivity index (χ0v) is 12.8. The number of carbonyl (C=O) groups excluding carboxylic acids is 1. The molecule has 1 aliphatic heterocycles. The molecule has 0 atom stereocenters. The zero-order chi connectivity index (χ0) is 15.1. The number of benzene rings is 1. The van der Waals surface area contributed by atoms with E-state index in [1.54, 1.807) is 24.3 Å². The maximum atomic E-state index is 11.8. The van der Waals surface area contributed by atoms with E-state index in [9.17, 15) is 9.59 Å². The molecule has 1 heterocycles. The van der Waals surface area contributed by atoms with Gasteiger partial charge in [-0.2, -0.15) is 11.8 Å². The highest BCUT2D eigenvalue weighted by molar-refractivity contribution is 7.99. The first-order valence-corrected chi connectivity index (χ1v) is 8.47. The first-order chi connectivity index (χ1) is 10.1. The van der Waals surface area contributed by atoms with Gasteiger partial charge in [-0.15, -0.1) is 0 Å². The van der Waals surface area contributed by atoms with Gasteiger partial charge in [-0.05, 0) is 54.4 Å². The van der Waals surface area contributed by atoms with Crippen LogP contribution in [0.2, 0.25) is 0 Å². The molecular formula is C16H21NO3S. The SMILES string of the molecule is O=C(CC1CCSCC1)NCCc1ccc(C(=O)O)cc1. The number of nitrogens with one attached hydrogen (secondary N) is 1. The number of carbonyl (C=O) groups is 2. The summed E-state index contributed by atoms with van der Waals surface area (Å²) in [6, 6.07) is 6.79. The molecule has 1 amide bonds. The van der Waals surface area contributed by atoms with Crippen molar-refractivity contribution in [3.05, 3.63) is 35.4 Å². The van der Waals surface area contributed by atoms with Gasteiger partial charge in [0, 0.05) is 13.0 Å². The van der Waals surface area contributed by atoms with Crippen LogP contribution in [-0.2, 0) is 11.2 Å². The molecular weight excluding hydrogens is 286 g/mol. The number of amides is 1. The lowest BCUT2D eigenvalue weighted by Gasteiger charge is -2.20. The molecule has 1 fully saturated rings. The summed E-state index contributed by atoms with van der Waals surface area (Å²) in [6.07, 6.45) is 3.66. The van der Waals surface area contributed by atoms with Crippen molar-refractivity contribution in [2.24, 2.45) is 5.92 Å². The second-order valence-electron chi connectivity index (χ2n) is 5.36. The van der Waals surface area contributed by atoms with Crippen LogP contribution in [0.1, 0.15) is 35.2 Å². The fourth-order valence-electron chi connectivity index (χ4n) is 2.45. The predicted octanol–water partition coefficient (Wildman–Crippen LogP) is 2.58. The number of aromatic carboxylic acids is 1. The lowest BCUT2D eigenvalue weighted by atomic mass is 9.98. The molecule has 0 spiro atoms. The topological polar surface area (TPSA) is 66.4 Å². The Kier molecular flexibility index (Phi) is 6.11. The molecule has 2 N–H and O–H groups in total. The van der Waals surface area contributed by atoms with E-state index in [4.69, 9.17) is 5.11 Å². The van der Waals surface area contributed by atoms with Crippen LogP contribution >= 0.6 is 11.8 Å². The summed E-state index contributed by atoms with van der Waals surface area (Å²) in [4.78, 5) is 22.6. The van der Waals surface area contributed by atoms with E-state index in [1.807, 2.05) is 11.8 Å². The average molecular weight is 307 g/mol. The Morgan fingerprint density at radius 2 is 1.86 bits per heavy atom. The van der Waals surface area contributed by atoms with Gasteiger partial charge in [-0.3, -0.25) is 4.79 Å². The fraction of sp³-hybridized carbons (Fsp3) is 0.500. The molecule has 114 valence electrons. The quantitative estimate of drug-likeness (QED) is 0.847. The molecule has 0 aromatic heterocycles. The number of hydrogen-bond donors (Lipinski definition) is 2. The number of carboxylic acids is 1.